The predicted molar refractivity (Wildman–Crippen MR) is 65.3 cm³/mol. The lowest BCUT2D eigenvalue weighted by molar-refractivity contribution is 0.326. The van der Waals surface area contributed by atoms with Crippen LogP contribution in [-0.2, 0) is 10.2 Å². The number of piperidine rings is 1. The van der Waals surface area contributed by atoms with E-state index in [0.29, 0.717) is 24.9 Å². The van der Waals surface area contributed by atoms with Crippen LogP contribution in [0.15, 0.2) is 0 Å². The van der Waals surface area contributed by atoms with E-state index in [1.165, 1.54) is 0 Å². The molecule has 0 aromatic carbocycles. The molecule has 1 fully saturated rings. The lowest BCUT2D eigenvalue weighted by atomic mass is 9.96. The molecule has 16 heavy (non-hydrogen) atoms. The molecular weight excluding hydrogens is 226 g/mol. The Labute approximate surface area is 98.6 Å². The lowest BCUT2D eigenvalue weighted by Crippen LogP contribution is -2.53. The predicted octanol–water partition coefficient (Wildman–Crippen LogP) is 0.0644. The van der Waals surface area contributed by atoms with Gasteiger partial charge in [0, 0.05) is 19.1 Å². The van der Waals surface area contributed by atoms with Gasteiger partial charge in [-0.2, -0.15) is 13.1 Å². The van der Waals surface area contributed by atoms with Crippen LogP contribution in [0.3, 0.4) is 0 Å². The summed E-state index contributed by atoms with van der Waals surface area (Å²) in [6.45, 7) is 8.20. The van der Waals surface area contributed by atoms with Gasteiger partial charge in [0.15, 0.2) is 0 Å². The largest absolute Gasteiger partial charge is 0.315 e. The average molecular weight is 249 g/mol. The highest BCUT2D eigenvalue weighted by Crippen LogP contribution is 2.11. The van der Waals surface area contributed by atoms with Gasteiger partial charge in [0.2, 0.25) is 0 Å². The number of hydrogen-bond donors (Lipinski definition) is 3. The molecule has 0 saturated carbocycles. The van der Waals surface area contributed by atoms with Gasteiger partial charge in [-0.3, -0.25) is 0 Å². The Hall–Kier alpha value is -0.170. The first kappa shape index (κ1) is 13.9. The molecule has 2 atom stereocenters. The van der Waals surface area contributed by atoms with Gasteiger partial charge in [0.05, 0.1) is 0 Å². The van der Waals surface area contributed by atoms with Gasteiger partial charge in [0.25, 0.3) is 10.2 Å². The summed E-state index contributed by atoms with van der Waals surface area (Å²) >= 11 is 0. The Balaban J connectivity index is 2.44. The van der Waals surface area contributed by atoms with Gasteiger partial charge in [0.1, 0.15) is 0 Å². The quantitative estimate of drug-likeness (QED) is 0.645. The van der Waals surface area contributed by atoms with E-state index in [2.05, 4.69) is 21.7 Å². The summed E-state index contributed by atoms with van der Waals surface area (Å²) in [6.07, 6.45) is 1.01. The van der Waals surface area contributed by atoms with Crippen molar-refractivity contribution in [3.8, 4) is 0 Å². The molecule has 1 aliphatic rings. The fourth-order valence-corrected chi connectivity index (χ4v) is 3.02. The minimum Gasteiger partial charge on any atom is -0.315 e. The summed E-state index contributed by atoms with van der Waals surface area (Å²) in [5.41, 5.74) is 0. The molecule has 0 radical (unpaired) electrons. The zero-order valence-corrected chi connectivity index (χ0v) is 11.1. The van der Waals surface area contributed by atoms with E-state index >= 15 is 0 Å². The number of nitrogens with one attached hydrogen (secondary N) is 3. The molecule has 0 aliphatic carbocycles. The van der Waals surface area contributed by atoms with E-state index in [1.807, 2.05) is 13.8 Å². The Kier molecular flexibility index (Phi) is 5.17. The molecule has 0 bridgehead atoms. The molecule has 1 aliphatic heterocycles. The molecular formula is C10H23N3O2S. The molecule has 0 aromatic rings. The van der Waals surface area contributed by atoms with Crippen LogP contribution in [0.5, 0.6) is 0 Å². The second-order valence-electron chi connectivity index (χ2n) is 4.94. The molecule has 3 N–H and O–H groups in total. The van der Waals surface area contributed by atoms with Crippen molar-refractivity contribution in [2.75, 3.05) is 19.6 Å². The van der Waals surface area contributed by atoms with Gasteiger partial charge in [-0.15, -0.1) is 0 Å². The molecule has 0 spiro atoms. The number of rotatable bonds is 5. The molecule has 1 saturated heterocycles. The maximum atomic E-state index is 11.7. The van der Waals surface area contributed by atoms with Crippen molar-refractivity contribution in [2.45, 2.75) is 33.2 Å². The zero-order valence-electron chi connectivity index (χ0n) is 10.3. The van der Waals surface area contributed by atoms with E-state index in [4.69, 9.17) is 0 Å². The van der Waals surface area contributed by atoms with E-state index in [-0.39, 0.29) is 6.04 Å². The summed E-state index contributed by atoms with van der Waals surface area (Å²) in [6, 6.07) is -0.00147. The van der Waals surface area contributed by atoms with E-state index in [9.17, 15) is 8.42 Å². The second kappa shape index (κ2) is 5.95. The highest BCUT2D eigenvalue weighted by atomic mass is 32.2. The molecule has 0 amide bonds. The SMILES string of the molecule is CC(C)CNS(=O)(=O)NC1CNCCC1C. The topological polar surface area (TPSA) is 70.2 Å². The first-order valence-electron chi connectivity index (χ1n) is 5.88. The van der Waals surface area contributed by atoms with Crippen LogP contribution in [0.2, 0.25) is 0 Å². The smallest absolute Gasteiger partial charge is 0.277 e. The van der Waals surface area contributed by atoms with Crippen LogP contribution < -0.4 is 14.8 Å². The summed E-state index contributed by atoms with van der Waals surface area (Å²) in [4.78, 5) is 0. The van der Waals surface area contributed by atoms with Crippen molar-refractivity contribution >= 4 is 10.2 Å². The van der Waals surface area contributed by atoms with Crippen molar-refractivity contribution < 1.29 is 8.42 Å². The highest BCUT2D eigenvalue weighted by molar-refractivity contribution is 7.87. The summed E-state index contributed by atoms with van der Waals surface area (Å²) < 4.78 is 28.7. The third kappa shape index (κ3) is 4.78. The normalized spacial score (nSPS) is 27.2. The summed E-state index contributed by atoms with van der Waals surface area (Å²) in [5.74, 6) is 0.704. The highest BCUT2D eigenvalue weighted by Gasteiger charge is 2.25. The first-order valence-corrected chi connectivity index (χ1v) is 7.36. The van der Waals surface area contributed by atoms with Crippen LogP contribution in [0.4, 0.5) is 0 Å². The molecule has 1 heterocycles. The Bertz CT molecular complexity index is 303. The molecule has 6 heteroatoms. The van der Waals surface area contributed by atoms with Gasteiger partial charge in [-0.1, -0.05) is 20.8 Å². The van der Waals surface area contributed by atoms with Gasteiger partial charge in [-0.05, 0) is 24.8 Å². The molecule has 96 valence electrons. The minimum absolute atomic E-state index is 0.00147. The Morgan fingerprint density at radius 1 is 1.44 bits per heavy atom. The molecule has 2 unspecified atom stereocenters. The zero-order chi connectivity index (χ0) is 12.2. The van der Waals surface area contributed by atoms with Crippen LogP contribution in [0, 0.1) is 11.8 Å². The fourth-order valence-electron chi connectivity index (χ4n) is 1.66. The van der Waals surface area contributed by atoms with E-state index in [1.54, 1.807) is 0 Å². The second-order valence-corrected chi connectivity index (χ2v) is 6.47. The van der Waals surface area contributed by atoms with Crippen molar-refractivity contribution in [1.82, 2.24) is 14.8 Å². The maximum Gasteiger partial charge on any atom is 0.277 e. The van der Waals surface area contributed by atoms with Crippen molar-refractivity contribution in [3.63, 3.8) is 0 Å². The summed E-state index contributed by atoms with van der Waals surface area (Å²) in [7, 11) is -3.35. The summed E-state index contributed by atoms with van der Waals surface area (Å²) in [5, 5.41) is 3.20. The maximum absolute atomic E-state index is 11.7. The monoisotopic (exact) mass is 249 g/mol. The molecule has 1 rings (SSSR count). The molecule has 5 nitrogen and oxygen atoms in total. The van der Waals surface area contributed by atoms with Crippen LogP contribution in [-0.4, -0.2) is 34.1 Å². The minimum atomic E-state index is -3.35. The van der Waals surface area contributed by atoms with Crippen LogP contribution >= 0.6 is 0 Å². The Morgan fingerprint density at radius 3 is 2.69 bits per heavy atom. The molecule has 0 aromatic heterocycles. The van der Waals surface area contributed by atoms with Crippen molar-refractivity contribution in [3.05, 3.63) is 0 Å². The average Bonchev–Trinajstić information content (AvgIpc) is 2.19. The van der Waals surface area contributed by atoms with Crippen LogP contribution in [0.25, 0.3) is 0 Å². The fraction of sp³-hybridized carbons (Fsp3) is 1.00. The Morgan fingerprint density at radius 2 is 2.12 bits per heavy atom. The van der Waals surface area contributed by atoms with E-state index < -0.39 is 10.2 Å². The van der Waals surface area contributed by atoms with Gasteiger partial charge in [-0.25, -0.2) is 4.72 Å². The number of hydrogen-bond acceptors (Lipinski definition) is 3. The van der Waals surface area contributed by atoms with Gasteiger partial charge >= 0.3 is 0 Å². The van der Waals surface area contributed by atoms with Crippen molar-refractivity contribution in [1.29, 1.82) is 0 Å². The lowest BCUT2D eigenvalue weighted by Gasteiger charge is -2.30. The van der Waals surface area contributed by atoms with Crippen molar-refractivity contribution in [2.24, 2.45) is 11.8 Å². The third-order valence-electron chi connectivity index (χ3n) is 2.82. The standard InChI is InChI=1S/C10H23N3O2S/c1-8(2)6-12-16(14,15)13-10-7-11-5-4-9(10)3/h8-13H,4-7H2,1-3H3. The third-order valence-corrected chi connectivity index (χ3v) is 3.98. The van der Waals surface area contributed by atoms with Crippen LogP contribution in [0.1, 0.15) is 27.2 Å². The first-order chi connectivity index (χ1) is 7.41. The van der Waals surface area contributed by atoms with Gasteiger partial charge < -0.3 is 5.32 Å². The van der Waals surface area contributed by atoms with E-state index in [0.717, 1.165) is 13.0 Å².